The monoisotopic (exact) mass is 451 g/mol. The van der Waals surface area contributed by atoms with E-state index in [1.54, 1.807) is 12.1 Å². The Hall–Kier alpha value is -1.93. The second kappa shape index (κ2) is 6.18. The molecule has 0 unspecified atom stereocenters. The number of aromatic hydroxyl groups is 1. The van der Waals surface area contributed by atoms with Gasteiger partial charge in [0.25, 0.3) is 0 Å². The van der Waals surface area contributed by atoms with Gasteiger partial charge in [-0.05, 0) is 36.4 Å². The van der Waals surface area contributed by atoms with Gasteiger partial charge >= 0.3 is 0 Å². The van der Waals surface area contributed by atoms with Crippen LogP contribution in [-0.4, -0.2) is 9.08 Å². The highest BCUT2D eigenvalue weighted by atomic mass is 127. The topological polar surface area (TPSA) is 34.4 Å². The van der Waals surface area contributed by atoms with E-state index in [0.29, 0.717) is 17.0 Å². The van der Waals surface area contributed by atoms with Crippen LogP contribution in [-0.2, 0) is 0 Å². The normalized spacial score (nSPS) is 11.2. The predicted octanol–water partition coefficient (Wildman–Crippen LogP) is 6.28. The van der Waals surface area contributed by atoms with Crippen molar-refractivity contribution in [1.82, 2.24) is 3.97 Å². The number of benzene rings is 3. The minimum atomic E-state index is -0.311. The van der Waals surface area contributed by atoms with Crippen LogP contribution < -0.4 is 4.74 Å². The average molecular weight is 451 g/mol. The van der Waals surface area contributed by atoms with Crippen LogP contribution in [0.5, 0.6) is 17.2 Å². The van der Waals surface area contributed by atoms with E-state index in [1.807, 2.05) is 40.4 Å². The van der Waals surface area contributed by atoms with E-state index in [4.69, 9.17) is 4.74 Å². The van der Waals surface area contributed by atoms with Crippen LogP contribution in [0.4, 0.5) is 4.39 Å². The van der Waals surface area contributed by atoms with Crippen LogP contribution in [0.1, 0.15) is 0 Å². The fraction of sp³-hybridized carbons (Fsp3) is 0. The lowest BCUT2D eigenvalue weighted by Gasteiger charge is -2.08. The molecule has 0 fully saturated rings. The van der Waals surface area contributed by atoms with E-state index in [-0.39, 0.29) is 11.6 Å². The molecule has 1 aromatic heterocycles. The van der Waals surface area contributed by atoms with Gasteiger partial charge in [-0.1, -0.05) is 18.2 Å². The number of halogens is 2. The summed E-state index contributed by atoms with van der Waals surface area (Å²) in [6.45, 7) is 0. The molecule has 0 saturated carbocycles. The molecule has 1 N–H and O–H groups in total. The number of hydrogen-bond acceptors (Lipinski definition) is 3. The molecule has 3 nitrogen and oxygen atoms in total. The second-order valence-electron chi connectivity index (χ2n) is 5.28. The van der Waals surface area contributed by atoms with E-state index in [0.717, 1.165) is 16.3 Å². The number of rotatable bonds is 3. The smallest absolute Gasteiger partial charge is 0.144 e. The van der Waals surface area contributed by atoms with Crippen molar-refractivity contribution in [2.45, 2.75) is 0 Å². The highest BCUT2D eigenvalue weighted by Crippen LogP contribution is 2.42. The Bertz CT molecular complexity index is 1050. The van der Waals surface area contributed by atoms with E-state index in [9.17, 15) is 9.50 Å². The molecule has 1 heterocycles. The molecule has 0 radical (unpaired) electrons. The van der Waals surface area contributed by atoms with Crippen LogP contribution in [0.3, 0.4) is 0 Å². The number of nitrogens with zero attached hydrogens (tertiary/aromatic N) is 1. The van der Waals surface area contributed by atoms with Gasteiger partial charge < -0.3 is 9.84 Å². The van der Waals surface area contributed by atoms with Gasteiger partial charge in [-0.2, -0.15) is 0 Å². The third kappa shape index (κ3) is 2.59. The maximum atomic E-state index is 13.7. The van der Waals surface area contributed by atoms with Crippen LogP contribution in [0.25, 0.3) is 21.8 Å². The predicted molar refractivity (Wildman–Crippen MR) is 105 cm³/mol. The summed E-state index contributed by atoms with van der Waals surface area (Å²) in [4.78, 5) is 0. The lowest BCUT2D eigenvalue weighted by molar-refractivity contribution is 0.459. The van der Waals surface area contributed by atoms with Crippen molar-refractivity contribution in [1.29, 1.82) is 0 Å². The van der Waals surface area contributed by atoms with E-state index >= 15 is 0 Å². The van der Waals surface area contributed by atoms with Crippen molar-refractivity contribution < 1.29 is 14.2 Å². The van der Waals surface area contributed by atoms with Gasteiger partial charge in [0.15, 0.2) is 0 Å². The third-order valence-corrected chi connectivity index (χ3v) is 5.48. The maximum Gasteiger partial charge on any atom is 0.144 e. The lowest BCUT2D eigenvalue weighted by Crippen LogP contribution is -1.86. The van der Waals surface area contributed by atoms with Crippen LogP contribution in [0.2, 0.25) is 0 Å². The maximum absolute atomic E-state index is 13.7. The van der Waals surface area contributed by atoms with Crippen molar-refractivity contribution in [3.05, 3.63) is 66.5 Å². The molecular weight excluding hydrogens is 440 g/mol. The summed E-state index contributed by atoms with van der Waals surface area (Å²) in [5.74, 6) is 0.968. The van der Waals surface area contributed by atoms with Gasteiger partial charge in [0.2, 0.25) is 0 Å². The Labute approximate surface area is 153 Å². The molecule has 4 aromatic rings. The minimum Gasteiger partial charge on any atom is -0.506 e. The van der Waals surface area contributed by atoms with Crippen molar-refractivity contribution in [3.63, 3.8) is 0 Å². The van der Waals surface area contributed by atoms with Gasteiger partial charge in [0.05, 0.1) is 5.52 Å². The molecule has 3 aromatic carbocycles. The van der Waals surface area contributed by atoms with Crippen molar-refractivity contribution in [3.8, 4) is 17.2 Å². The van der Waals surface area contributed by atoms with Gasteiger partial charge in [-0.15, -0.1) is 0 Å². The van der Waals surface area contributed by atoms with Gasteiger partial charge in [0, 0.05) is 47.2 Å². The van der Waals surface area contributed by atoms with Gasteiger partial charge in [-0.25, -0.2) is 4.39 Å². The summed E-state index contributed by atoms with van der Waals surface area (Å²) in [5.41, 5.74) is 1.49. The first-order valence-electron chi connectivity index (χ1n) is 7.16. The summed E-state index contributed by atoms with van der Waals surface area (Å²) >= 11 is 2.14. The number of phenolic OH excluding ortho intramolecular Hbond substituents is 1. The SMILES string of the molecule is Oc1cc(Oc2ccccc2)cc2c3cc(F)ccc3n(SI)c12. The molecule has 0 aliphatic heterocycles. The van der Waals surface area contributed by atoms with Crippen LogP contribution in [0.15, 0.2) is 60.7 Å². The minimum absolute atomic E-state index is 0.0965. The van der Waals surface area contributed by atoms with Gasteiger partial charge in [0.1, 0.15) is 28.6 Å². The summed E-state index contributed by atoms with van der Waals surface area (Å²) in [7, 11) is 1.43. The Kier molecular flexibility index (Phi) is 4.01. The standard InChI is InChI=1S/C18H11FINO2S/c19-11-6-7-16-14(8-11)15-9-13(23-12-4-2-1-3-5-12)10-17(22)18(15)21(16)24-20/h1-10,22H. The number of fused-ring (bicyclic) bond motifs is 3. The van der Waals surface area contributed by atoms with Crippen LogP contribution in [0, 0.1) is 5.82 Å². The third-order valence-electron chi connectivity index (χ3n) is 3.78. The molecule has 0 saturated heterocycles. The molecule has 6 heteroatoms. The molecule has 0 bridgehead atoms. The van der Waals surface area contributed by atoms with Crippen molar-refractivity contribution in [2.24, 2.45) is 0 Å². The molecule has 120 valence electrons. The quantitative estimate of drug-likeness (QED) is 0.373. The molecule has 0 aliphatic rings. The fourth-order valence-corrected chi connectivity index (χ4v) is 4.51. The number of para-hydroxylation sites is 1. The van der Waals surface area contributed by atoms with E-state index in [1.165, 1.54) is 21.3 Å². The average Bonchev–Trinajstić information content (AvgIpc) is 2.89. The molecular formula is C18H11FINO2S. The number of aromatic nitrogens is 1. The Balaban J connectivity index is 1.97. The summed E-state index contributed by atoms with van der Waals surface area (Å²) in [6, 6.07) is 17.4. The molecule has 0 aliphatic carbocycles. The molecule has 0 spiro atoms. The zero-order valence-corrected chi connectivity index (χ0v) is 15.2. The highest BCUT2D eigenvalue weighted by molar-refractivity contribution is 14.2. The second-order valence-corrected chi connectivity index (χ2v) is 6.96. The first kappa shape index (κ1) is 15.6. The highest BCUT2D eigenvalue weighted by Gasteiger charge is 2.16. The number of phenols is 1. The number of hydrogen-bond donors (Lipinski definition) is 1. The first-order valence-corrected chi connectivity index (χ1v) is 10.5. The Morgan fingerprint density at radius 2 is 1.75 bits per heavy atom. The molecule has 4 rings (SSSR count). The lowest BCUT2D eigenvalue weighted by atomic mass is 10.1. The summed E-state index contributed by atoms with van der Waals surface area (Å²) in [6.07, 6.45) is 0. The molecule has 0 atom stereocenters. The first-order chi connectivity index (χ1) is 11.7. The summed E-state index contributed by atoms with van der Waals surface area (Å²) < 4.78 is 21.4. The Morgan fingerprint density at radius 3 is 2.50 bits per heavy atom. The van der Waals surface area contributed by atoms with E-state index in [2.05, 4.69) is 21.2 Å². The summed E-state index contributed by atoms with van der Waals surface area (Å²) in [5, 5.41) is 12.0. The van der Waals surface area contributed by atoms with Crippen molar-refractivity contribution in [2.75, 3.05) is 0 Å². The van der Waals surface area contributed by atoms with Crippen LogP contribution >= 0.6 is 30.3 Å². The molecule has 0 amide bonds. The Morgan fingerprint density at radius 1 is 0.958 bits per heavy atom. The fourth-order valence-electron chi connectivity index (χ4n) is 2.79. The largest absolute Gasteiger partial charge is 0.506 e. The molecule has 24 heavy (non-hydrogen) atoms. The zero-order valence-electron chi connectivity index (χ0n) is 12.2. The van der Waals surface area contributed by atoms with E-state index < -0.39 is 0 Å². The van der Waals surface area contributed by atoms with Gasteiger partial charge in [-0.3, -0.25) is 3.97 Å². The number of ether oxygens (including phenoxy) is 1. The van der Waals surface area contributed by atoms with Crippen molar-refractivity contribution >= 4 is 52.1 Å². The zero-order chi connectivity index (χ0) is 16.7.